The van der Waals surface area contributed by atoms with Crippen LogP contribution in [0.25, 0.3) is 11.3 Å². The second-order valence-corrected chi connectivity index (χ2v) is 3.64. The normalized spacial score (nSPS) is 13.1. The van der Waals surface area contributed by atoms with E-state index in [1.807, 2.05) is 19.1 Å². The predicted octanol–water partition coefficient (Wildman–Crippen LogP) is 1.96. The van der Waals surface area contributed by atoms with Gasteiger partial charge in [0, 0.05) is 11.6 Å². The highest BCUT2D eigenvalue weighted by atomic mass is 16.7. The minimum absolute atomic E-state index is 0.264. The van der Waals surface area contributed by atoms with Gasteiger partial charge in [-0.15, -0.1) is 0 Å². The van der Waals surface area contributed by atoms with E-state index in [1.54, 1.807) is 6.07 Å². The van der Waals surface area contributed by atoms with Crippen LogP contribution < -0.4 is 15.2 Å². The van der Waals surface area contributed by atoms with Crippen molar-refractivity contribution < 1.29 is 14.0 Å². The molecular weight excluding hydrogens is 208 g/mol. The molecule has 0 amide bonds. The van der Waals surface area contributed by atoms with Gasteiger partial charge in [0.2, 0.25) is 12.7 Å². The Hall–Kier alpha value is -2.17. The van der Waals surface area contributed by atoms with Crippen molar-refractivity contribution in [2.45, 2.75) is 6.92 Å². The van der Waals surface area contributed by atoms with Crippen LogP contribution in [-0.2, 0) is 0 Å². The van der Waals surface area contributed by atoms with Gasteiger partial charge < -0.3 is 19.7 Å². The summed E-state index contributed by atoms with van der Waals surface area (Å²) in [5, 5.41) is 3.86. The van der Waals surface area contributed by atoms with Crippen molar-refractivity contribution in [2.75, 3.05) is 12.5 Å². The molecule has 0 spiro atoms. The highest BCUT2D eigenvalue weighted by Crippen LogP contribution is 2.39. The third kappa shape index (κ3) is 1.29. The fraction of sp³-hybridized carbons (Fsp3) is 0.182. The number of anilines is 1. The third-order valence-corrected chi connectivity index (χ3v) is 2.48. The first-order valence-electron chi connectivity index (χ1n) is 4.87. The molecule has 0 aliphatic carbocycles. The molecule has 1 aliphatic heterocycles. The van der Waals surface area contributed by atoms with Gasteiger partial charge in [-0.05, 0) is 24.6 Å². The number of nitrogen functional groups attached to an aromatic ring is 1. The number of benzene rings is 1. The first kappa shape index (κ1) is 9.08. The summed E-state index contributed by atoms with van der Waals surface area (Å²) >= 11 is 0. The van der Waals surface area contributed by atoms with E-state index in [-0.39, 0.29) is 6.79 Å². The van der Waals surface area contributed by atoms with Gasteiger partial charge >= 0.3 is 0 Å². The molecule has 0 saturated heterocycles. The smallest absolute Gasteiger partial charge is 0.231 e. The molecule has 2 aromatic rings. The molecule has 3 rings (SSSR count). The van der Waals surface area contributed by atoms with Crippen LogP contribution in [-0.4, -0.2) is 11.9 Å². The molecule has 5 heteroatoms. The minimum atomic E-state index is 0.264. The van der Waals surface area contributed by atoms with Crippen LogP contribution in [0.5, 0.6) is 11.5 Å². The van der Waals surface area contributed by atoms with Crippen LogP contribution >= 0.6 is 0 Å². The van der Waals surface area contributed by atoms with Crippen molar-refractivity contribution in [1.82, 2.24) is 5.16 Å². The number of hydrogen-bond acceptors (Lipinski definition) is 5. The average Bonchev–Trinajstić information content (AvgIpc) is 2.85. The maximum atomic E-state index is 5.48. The number of hydrogen-bond donors (Lipinski definition) is 1. The fourth-order valence-electron chi connectivity index (χ4n) is 1.76. The molecule has 5 nitrogen and oxygen atoms in total. The molecule has 0 radical (unpaired) electrons. The summed E-state index contributed by atoms with van der Waals surface area (Å²) < 4.78 is 15.5. The Morgan fingerprint density at radius 2 is 2.12 bits per heavy atom. The summed E-state index contributed by atoms with van der Waals surface area (Å²) in [6.07, 6.45) is 0. The van der Waals surface area contributed by atoms with E-state index < -0.39 is 0 Å². The lowest BCUT2D eigenvalue weighted by Gasteiger charge is -2.03. The van der Waals surface area contributed by atoms with Crippen LogP contribution in [0.2, 0.25) is 0 Å². The Morgan fingerprint density at radius 3 is 2.88 bits per heavy atom. The zero-order chi connectivity index (χ0) is 11.1. The summed E-state index contributed by atoms with van der Waals surface area (Å²) in [6.45, 7) is 2.22. The molecule has 0 saturated carbocycles. The molecule has 2 N–H and O–H groups in total. The van der Waals surface area contributed by atoms with Crippen molar-refractivity contribution in [3.8, 4) is 22.8 Å². The molecular formula is C11H10N2O3. The molecule has 1 aromatic heterocycles. The number of aryl methyl sites for hydroxylation is 1. The lowest BCUT2D eigenvalue weighted by Crippen LogP contribution is -1.93. The fourth-order valence-corrected chi connectivity index (χ4v) is 1.76. The highest BCUT2D eigenvalue weighted by molar-refractivity contribution is 5.67. The van der Waals surface area contributed by atoms with Gasteiger partial charge in [-0.2, -0.15) is 0 Å². The van der Waals surface area contributed by atoms with Crippen molar-refractivity contribution >= 4 is 5.88 Å². The summed E-state index contributed by atoms with van der Waals surface area (Å²) in [5.41, 5.74) is 8.09. The first-order chi connectivity index (χ1) is 7.74. The van der Waals surface area contributed by atoms with Crippen LogP contribution in [0.4, 0.5) is 5.88 Å². The molecule has 0 fully saturated rings. The zero-order valence-electron chi connectivity index (χ0n) is 8.69. The van der Waals surface area contributed by atoms with Crippen molar-refractivity contribution in [1.29, 1.82) is 0 Å². The van der Waals surface area contributed by atoms with Gasteiger partial charge in [0.05, 0.1) is 0 Å². The molecule has 1 aliphatic rings. The van der Waals surface area contributed by atoms with Gasteiger partial charge in [0.25, 0.3) is 0 Å². The van der Waals surface area contributed by atoms with Crippen molar-refractivity contribution in [3.63, 3.8) is 0 Å². The topological polar surface area (TPSA) is 70.5 Å². The molecule has 0 unspecified atom stereocenters. The SMILES string of the molecule is Cc1cc(-c2cc(N)on2)cc2c1OCO2. The zero-order valence-corrected chi connectivity index (χ0v) is 8.69. The van der Waals surface area contributed by atoms with Gasteiger partial charge in [-0.25, -0.2) is 0 Å². The Balaban J connectivity index is 2.12. The molecule has 0 atom stereocenters. The third-order valence-electron chi connectivity index (χ3n) is 2.48. The number of aromatic nitrogens is 1. The van der Waals surface area contributed by atoms with E-state index >= 15 is 0 Å². The number of rotatable bonds is 1. The predicted molar refractivity (Wildman–Crippen MR) is 57.2 cm³/mol. The van der Waals surface area contributed by atoms with Crippen molar-refractivity contribution in [2.24, 2.45) is 0 Å². The molecule has 0 bridgehead atoms. The Kier molecular flexibility index (Phi) is 1.80. The monoisotopic (exact) mass is 218 g/mol. The average molecular weight is 218 g/mol. The van der Waals surface area contributed by atoms with E-state index in [9.17, 15) is 0 Å². The Bertz CT molecular complexity index is 548. The van der Waals surface area contributed by atoms with E-state index in [0.717, 1.165) is 22.6 Å². The van der Waals surface area contributed by atoms with Gasteiger partial charge in [0.1, 0.15) is 5.69 Å². The number of ether oxygens (including phenoxy) is 2. The van der Waals surface area contributed by atoms with Gasteiger partial charge in [0.15, 0.2) is 11.5 Å². The van der Waals surface area contributed by atoms with Gasteiger partial charge in [-0.3, -0.25) is 0 Å². The summed E-state index contributed by atoms with van der Waals surface area (Å²) in [7, 11) is 0. The second kappa shape index (κ2) is 3.16. The number of nitrogens with two attached hydrogens (primary N) is 1. The van der Waals surface area contributed by atoms with Crippen LogP contribution in [0.3, 0.4) is 0 Å². The quantitative estimate of drug-likeness (QED) is 0.792. The number of fused-ring (bicyclic) bond motifs is 1. The minimum Gasteiger partial charge on any atom is -0.454 e. The van der Waals surface area contributed by atoms with E-state index in [2.05, 4.69) is 5.16 Å². The Labute approximate surface area is 91.7 Å². The van der Waals surface area contributed by atoms with Crippen LogP contribution in [0.15, 0.2) is 22.7 Å². The standard InChI is InChI=1S/C11H10N2O3/c1-6-2-7(8-4-10(12)16-13-8)3-9-11(6)15-5-14-9/h2-4H,5,12H2,1H3. The van der Waals surface area contributed by atoms with Crippen molar-refractivity contribution in [3.05, 3.63) is 23.8 Å². The van der Waals surface area contributed by atoms with Crippen LogP contribution in [0.1, 0.15) is 5.56 Å². The lowest BCUT2D eigenvalue weighted by atomic mass is 10.1. The number of nitrogens with zero attached hydrogens (tertiary/aromatic N) is 1. The maximum absolute atomic E-state index is 5.48. The molecule has 82 valence electrons. The summed E-state index contributed by atoms with van der Waals surface area (Å²) in [4.78, 5) is 0. The van der Waals surface area contributed by atoms with E-state index in [4.69, 9.17) is 19.7 Å². The Morgan fingerprint density at radius 1 is 1.25 bits per heavy atom. The molecule has 16 heavy (non-hydrogen) atoms. The molecule has 1 aromatic carbocycles. The molecule has 2 heterocycles. The largest absolute Gasteiger partial charge is 0.454 e. The van der Waals surface area contributed by atoms with Crippen LogP contribution in [0, 0.1) is 6.92 Å². The lowest BCUT2D eigenvalue weighted by molar-refractivity contribution is 0.173. The highest BCUT2D eigenvalue weighted by Gasteiger charge is 2.18. The summed E-state index contributed by atoms with van der Waals surface area (Å²) in [5.74, 6) is 1.82. The second-order valence-electron chi connectivity index (χ2n) is 3.64. The van der Waals surface area contributed by atoms with E-state index in [0.29, 0.717) is 11.6 Å². The maximum Gasteiger partial charge on any atom is 0.231 e. The van der Waals surface area contributed by atoms with E-state index in [1.165, 1.54) is 0 Å². The summed E-state index contributed by atoms with van der Waals surface area (Å²) in [6, 6.07) is 5.51. The van der Waals surface area contributed by atoms with Gasteiger partial charge in [-0.1, -0.05) is 5.16 Å². The first-order valence-corrected chi connectivity index (χ1v) is 4.87.